The maximum Gasteiger partial charge on any atom is 0.330 e. The number of ether oxygens (including phenoxy) is 3. The van der Waals surface area contributed by atoms with Crippen molar-refractivity contribution in [3.8, 4) is 0 Å². The molecule has 0 bridgehead atoms. The van der Waals surface area contributed by atoms with Crippen molar-refractivity contribution >= 4 is 17.5 Å². The summed E-state index contributed by atoms with van der Waals surface area (Å²) in [5.74, 6) is -1.25. The Morgan fingerprint density at radius 2 is 1.74 bits per heavy atom. The number of aryl methyl sites for hydroxylation is 1. The highest BCUT2D eigenvalue weighted by atomic mass is 16.7. The average molecular weight is 661 g/mol. The SMILES string of the molecule is CCc1ccc(NC(=O)C2=CCN(C)[C@@H]([C@H](OC3OC(CN)C(O)C3O)C3OC(n4ccc(=O)[nH]c4=O)C(O)C3O)C(=O)N2C)cc1. The Balaban J connectivity index is 1.46. The number of rotatable bonds is 9. The number of anilines is 1. The molecule has 47 heavy (non-hydrogen) atoms. The number of amides is 2. The topological polar surface area (TPSA) is 242 Å². The lowest BCUT2D eigenvalue weighted by molar-refractivity contribution is -0.232. The maximum atomic E-state index is 14.2. The summed E-state index contributed by atoms with van der Waals surface area (Å²) in [6, 6.07) is 6.93. The fourth-order valence-corrected chi connectivity index (χ4v) is 5.96. The molecule has 0 radical (unpaired) electrons. The van der Waals surface area contributed by atoms with Crippen LogP contribution < -0.4 is 22.3 Å². The zero-order valence-corrected chi connectivity index (χ0v) is 26.0. The number of nitrogens with zero attached hydrogens (tertiary/aromatic N) is 3. The van der Waals surface area contributed by atoms with Gasteiger partial charge in [0, 0.05) is 38.1 Å². The van der Waals surface area contributed by atoms with Crippen LogP contribution in [-0.2, 0) is 30.2 Å². The Morgan fingerprint density at radius 3 is 2.36 bits per heavy atom. The van der Waals surface area contributed by atoms with E-state index in [4.69, 9.17) is 19.9 Å². The molecule has 8 N–H and O–H groups in total. The van der Waals surface area contributed by atoms with E-state index in [1.165, 1.54) is 18.0 Å². The van der Waals surface area contributed by atoms with Crippen molar-refractivity contribution in [3.05, 3.63) is 74.7 Å². The van der Waals surface area contributed by atoms with Gasteiger partial charge in [0.2, 0.25) is 5.91 Å². The first-order chi connectivity index (χ1) is 22.4. The molecule has 2 fully saturated rings. The zero-order chi connectivity index (χ0) is 34.2. The lowest BCUT2D eigenvalue weighted by Crippen LogP contribution is -2.59. The van der Waals surface area contributed by atoms with Crippen LogP contribution in [0.4, 0.5) is 5.69 Å². The van der Waals surface area contributed by atoms with Gasteiger partial charge in [0.25, 0.3) is 11.5 Å². The van der Waals surface area contributed by atoms with E-state index in [9.17, 15) is 39.6 Å². The van der Waals surface area contributed by atoms with E-state index in [0.29, 0.717) is 5.69 Å². The molecule has 0 saturated carbocycles. The Labute approximate surface area is 268 Å². The van der Waals surface area contributed by atoms with Crippen molar-refractivity contribution < 1.29 is 44.2 Å². The van der Waals surface area contributed by atoms with Gasteiger partial charge in [0.05, 0.1) is 0 Å². The van der Waals surface area contributed by atoms with Crippen LogP contribution in [0.3, 0.4) is 0 Å². The Morgan fingerprint density at radius 1 is 1.04 bits per heavy atom. The minimum Gasteiger partial charge on any atom is -0.387 e. The molecular formula is C30H40N6O11. The van der Waals surface area contributed by atoms with Crippen LogP contribution in [0.1, 0.15) is 18.7 Å². The van der Waals surface area contributed by atoms with Gasteiger partial charge in [-0.3, -0.25) is 28.8 Å². The Hall–Kier alpha value is -3.78. The number of likely N-dealkylation sites (N-methyl/N-ethyl adjacent to an activating group) is 2. The highest BCUT2D eigenvalue weighted by Crippen LogP contribution is 2.36. The second-order valence-electron chi connectivity index (χ2n) is 11.7. The molecule has 8 unspecified atom stereocenters. The highest BCUT2D eigenvalue weighted by Gasteiger charge is 2.55. The second kappa shape index (κ2) is 14.1. The van der Waals surface area contributed by atoms with Crippen molar-refractivity contribution in [3.63, 3.8) is 0 Å². The van der Waals surface area contributed by atoms with Gasteiger partial charge < -0.3 is 50.6 Å². The summed E-state index contributed by atoms with van der Waals surface area (Å²) in [5.41, 5.74) is 5.66. The number of nitrogens with two attached hydrogens (primary N) is 1. The fraction of sp³-hybridized carbons (Fsp3) is 0.533. The predicted octanol–water partition coefficient (Wildman–Crippen LogP) is -3.20. The van der Waals surface area contributed by atoms with E-state index in [1.54, 1.807) is 19.2 Å². The molecule has 17 heteroatoms. The third kappa shape index (κ3) is 6.80. The van der Waals surface area contributed by atoms with E-state index < -0.39 is 84.4 Å². The largest absolute Gasteiger partial charge is 0.387 e. The van der Waals surface area contributed by atoms with Crippen LogP contribution in [0, 0.1) is 0 Å². The number of nitrogens with one attached hydrogen (secondary N) is 2. The normalized spacial score (nSPS) is 32.3. The van der Waals surface area contributed by atoms with E-state index in [1.807, 2.05) is 24.0 Å². The fourth-order valence-electron chi connectivity index (χ4n) is 5.96. The summed E-state index contributed by atoms with van der Waals surface area (Å²) in [4.78, 5) is 56.4. The molecule has 10 atom stereocenters. The first-order valence-corrected chi connectivity index (χ1v) is 15.1. The van der Waals surface area contributed by atoms with Gasteiger partial charge in [-0.2, -0.15) is 0 Å². The van der Waals surface area contributed by atoms with Crippen molar-refractivity contribution in [1.29, 1.82) is 0 Å². The third-order valence-corrected chi connectivity index (χ3v) is 8.72. The van der Waals surface area contributed by atoms with E-state index >= 15 is 0 Å². The third-order valence-electron chi connectivity index (χ3n) is 8.72. The molecular weight excluding hydrogens is 620 g/mol. The molecule has 2 saturated heterocycles. The molecule has 17 nitrogen and oxygen atoms in total. The minimum absolute atomic E-state index is 0.0176. The number of benzene rings is 1. The van der Waals surface area contributed by atoms with Gasteiger partial charge in [0.1, 0.15) is 54.5 Å². The highest BCUT2D eigenvalue weighted by molar-refractivity contribution is 6.06. The molecule has 2 aromatic rings. The maximum absolute atomic E-state index is 14.2. The van der Waals surface area contributed by atoms with Crippen LogP contribution in [0.25, 0.3) is 0 Å². The van der Waals surface area contributed by atoms with E-state index in [-0.39, 0.29) is 18.8 Å². The van der Waals surface area contributed by atoms with Gasteiger partial charge in [-0.25, -0.2) is 4.79 Å². The second-order valence-corrected chi connectivity index (χ2v) is 11.7. The van der Waals surface area contributed by atoms with Crippen molar-refractivity contribution in [1.82, 2.24) is 19.4 Å². The smallest absolute Gasteiger partial charge is 0.330 e. The Bertz CT molecular complexity index is 1600. The van der Waals surface area contributed by atoms with Crippen LogP contribution in [0.15, 0.2) is 57.9 Å². The predicted molar refractivity (Wildman–Crippen MR) is 164 cm³/mol. The number of H-pyrrole nitrogens is 1. The molecule has 4 heterocycles. The van der Waals surface area contributed by atoms with Crippen LogP contribution in [-0.4, -0.2) is 134 Å². The van der Waals surface area contributed by atoms with Gasteiger partial charge in [-0.05, 0) is 37.2 Å². The molecule has 5 rings (SSSR count). The molecule has 2 amide bonds. The average Bonchev–Trinajstić information content (AvgIpc) is 3.45. The van der Waals surface area contributed by atoms with Crippen molar-refractivity contribution in [2.45, 2.75) is 74.6 Å². The summed E-state index contributed by atoms with van der Waals surface area (Å²) < 4.78 is 18.6. The van der Waals surface area contributed by atoms with Crippen LogP contribution in [0.2, 0.25) is 0 Å². The quantitative estimate of drug-likeness (QED) is 0.140. The molecule has 256 valence electrons. The standard InChI is InChI=1S/C30H40N6O11/c1-4-14-5-7-15(8-6-14)32-26(42)16-9-11-34(2)19(27(43)35(16)3)24(47-29-23(41)20(38)17(13-31)45-29)25-21(39)22(40)28(46-25)36-12-10-18(37)33-30(36)44/h5-10,12,17,19-25,28-29,38-41H,4,11,13,31H2,1-3H3,(H,32,42)(H,33,37,44)/t17?,19-,20?,21?,22?,23?,24-,25?,28?,29?/m0/s1. The van der Waals surface area contributed by atoms with Crippen molar-refractivity contribution in [2.75, 3.05) is 32.5 Å². The summed E-state index contributed by atoms with van der Waals surface area (Å²) in [7, 11) is 2.94. The van der Waals surface area contributed by atoms with Crippen molar-refractivity contribution in [2.24, 2.45) is 5.73 Å². The molecule has 0 aliphatic carbocycles. The first kappa shape index (κ1) is 34.6. The molecule has 3 aliphatic heterocycles. The summed E-state index contributed by atoms with van der Waals surface area (Å²) in [6.07, 6.45) is -10.3. The van der Waals surface area contributed by atoms with Gasteiger partial charge in [-0.1, -0.05) is 19.1 Å². The van der Waals surface area contributed by atoms with Crippen LogP contribution in [0.5, 0.6) is 0 Å². The minimum atomic E-state index is -1.77. The number of aliphatic hydroxyl groups is 4. The summed E-state index contributed by atoms with van der Waals surface area (Å²) in [6.45, 7) is 1.86. The number of hydrogen-bond acceptors (Lipinski definition) is 13. The summed E-state index contributed by atoms with van der Waals surface area (Å²) >= 11 is 0. The Kier molecular flexibility index (Phi) is 10.4. The number of carbonyl (C=O) groups is 2. The molecule has 1 aromatic heterocycles. The van der Waals surface area contributed by atoms with Gasteiger partial charge >= 0.3 is 5.69 Å². The first-order valence-electron chi connectivity index (χ1n) is 15.1. The molecule has 3 aliphatic rings. The van der Waals surface area contributed by atoms with Gasteiger partial charge in [0.15, 0.2) is 12.5 Å². The van der Waals surface area contributed by atoms with Gasteiger partial charge in [-0.15, -0.1) is 0 Å². The van der Waals surface area contributed by atoms with Crippen LogP contribution >= 0.6 is 0 Å². The number of aliphatic hydroxyl groups excluding tert-OH is 4. The lowest BCUT2D eigenvalue weighted by atomic mass is 9.97. The monoisotopic (exact) mass is 660 g/mol. The number of aromatic amines is 1. The van der Waals surface area contributed by atoms with E-state index in [0.717, 1.165) is 33.7 Å². The number of carbonyl (C=O) groups excluding carboxylic acids is 2. The number of aromatic nitrogens is 2. The molecule has 0 spiro atoms. The zero-order valence-electron chi connectivity index (χ0n) is 26.0. The molecule has 1 aromatic carbocycles. The number of hydrogen-bond donors (Lipinski definition) is 7. The van der Waals surface area contributed by atoms with E-state index in [2.05, 4.69) is 5.32 Å². The lowest BCUT2D eigenvalue weighted by Gasteiger charge is -2.38. The summed E-state index contributed by atoms with van der Waals surface area (Å²) in [5, 5.41) is 46.2.